The number of aromatic nitrogens is 1. The SMILES string of the molecule is CCOC(=O)C1=C(C)NC(C)=C(C(=O)OCC)C1c1csc(-c2ccccc2)n1. The zero-order chi connectivity index (χ0) is 21.0. The Labute approximate surface area is 174 Å². The van der Waals surface area contributed by atoms with Crippen molar-refractivity contribution in [1.29, 1.82) is 0 Å². The summed E-state index contributed by atoms with van der Waals surface area (Å²) in [6.07, 6.45) is 0. The number of nitrogens with one attached hydrogen (secondary N) is 1. The summed E-state index contributed by atoms with van der Waals surface area (Å²) in [6, 6.07) is 9.80. The van der Waals surface area contributed by atoms with Gasteiger partial charge in [0.15, 0.2) is 0 Å². The molecule has 1 aromatic carbocycles. The molecule has 1 aromatic heterocycles. The molecule has 0 radical (unpaired) electrons. The number of dihydropyridines is 1. The monoisotopic (exact) mass is 412 g/mol. The summed E-state index contributed by atoms with van der Waals surface area (Å²) in [4.78, 5) is 30.3. The van der Waals surface area contributed by atoms with E-state index in [1.807, 2.05) is 35.7 Å². The lowest BCUT2D eigenvalue weighted by Crippen LogP contribution is -2.32. The molecule has 29 heavy (non-hydrogen) atoms. The Morgan fingerprint density at radius 1 is 1.00 bits per heavy atom. The van der Waals surface area contributed by atoms with Crippen LogP contribution >= 0.6 is 11.3 Å². The fourth-order valence-electron chi connectivity index (χ4n) is 3.38. The highest BCUT2D eigenvalue weighted by atomic mass is 32.1. The van der Waals surface area contributed by atoms with Gasteiger partial charge in [-0.25, -0.2) is 14.6 Å². The van der Waals surface area contributed by atoms with Crippen LogP contribution in [-0.4, -0.2) is 30.1 Å². The van der Waals surface area contributed by atoms with Crippen LogP contribution < -0.4 is 5.32 Å². The Bertz CT molecular complexity index is 936. The topological polar surface area (TPSA) is 77.5 Å². The minimum absolute atomic E-state index is 0.242. The third-order valence-electron chi connectivity index (χ3n) is 4.59. The van der Waals surface area contributed by atoms with Crippen molar-refractivity contribution in [3.8, 4) is 10.6 Å². The van der Waals surface area contributed by atoms with E-state index in [0.29, 0.717) is 28.2 Å². The molecule has 0 saturated carbocycles. The van der Waals surface area contributed by atoms with Crippen molar-refractivity contribution in [2.24, 2.45) is 0 Å². The van der Waals surface area contributed by atoms with Crippen LogP contribution in [-0.2, 0) is 19.1 Å². The lowest BCUT2D eigenvalue weighted by molar-refractivity contribution is -0.139. The van der Waals surface area contributed by atoms with Gasteiger partial charge in [-0.2, -0.15) is 0 Å². The number of nitrogens with zero attached hydrogens (tertiary/aromatic N) is 1. The van der Waals surface area contributed by atoms with Gasteiger partial charge in [-0.05, 0) is 27.7 Å². The average Bonchev–Trinajstić information content (AvgIpc) is 3.18. The summed E-state index contributed by atoms with van der Waals surface area (Å²) in [7, 11) is 0. The summed E-state index contributed by atoms with van der Waals surface area (Å²) in [5.41, 5.74) is 3.66. The second kappa shape index (κ2) is 9.05. The molecule has 1 aliphatic heterocycles. The third-order valence-corrected chi connectivity index (χ3v) is 5.50. The molecule has 6 nitrogen and oxygen atoms in total. The van der Waals surface area contributed by atoms with Crippen LogP contribution in [0.4, 0.5) is 0 Å². The van der Waals surface area contributed by atoms with Gasteiger partial charge in [-0.15, -0.1) is 11.3 Å². The zero-order valence-electron chi connectivity index (χ0n) is 16.9. The van der Waals surface area contributed by atoms with E-state index in [1.165, 1.54) is 11.3 Å². The number of allylic oxidation sites excluding steroid dienone is 2. The van der Waals surface area contributed by atoms with Crippen molar-refractivity contribution in [2.45, 2.75) is 33.6 Å². The maximum atomic E-state index is 12.8. The molecule has 0 bridgehead atoms. The van der Waals surface area contributed by atoms with Crippen LogP contribution in [0.1, 0.15) is 39.3 Å². The van der Waals surface area contributed by atoms with Crippen molar-refractivity contribution in [1.82, 2.24) is 10.3 Å². The first-order chi connectivity index (χ1) is 14.0. The number of thiazole rings is 1. The summed E-state index contributed by atoms with van der Waals surface area (Å²) in [6.45, 7) is 7.59. The lowest BCUT2D eigenvalue weighted by atomic mass is 9.83. The quantitative estimate of drug-likeness (QED) is 0.718. The zero-order valence-corrected chi connectivity index (χ0v) is 17.8. The van der Waals surface area contributed by atoms with Crippen molar-refractivity contribution in [2.75, 3.05) is 13.2 Å². The van der Waals surface area contributed by atoms with E-state index in [-0.39, 0.29) is 13.2 Å². The van der Waals surface area contributed by atoms with Crippen LogP contribution in [0.25, 0.3) is 10.6 Å². The van der Waals surface area contributed by atoms with E-state index in [1.54, 1.807) is 27.7 Å². The Morgan fingerprint density at radius 2 is 1.55 bits per heavy atom. The van der Waals surface area contributed by atoms with Gasteiger partial charge in [0.1, 0.15) is 5.01 Å². The highest BCUT2D eigenvalue weighted by molar-refractivity contribution is 7.13. The summed E-state index contributed by atoms with van der Waals surface area (Å²) in [5, 5.41) is 5.84. The highest BCUT2D eigenvalue weighted by Crippen LogP contribution is 2.40. The smallest absolute Gasteiger partial charge is 0.336 e. The van der Waals surface area contributed by atoms with Crippen LogP contribution in [0.3, 0.4) is 0 Å². The first-order valence-corrected chi connectivity index (χ1v) is 10.4. The van der Waals surface area contributed by atoms with Gasteiger partial charge in [0.2, 0.25) is 0 Å². The Hall–Kier alpha value is -2.93. The standard InChI is InChI=1S/C22H24N2O4S/c1-5-27-21(25)17-13(3)23-14(4)18(22(26)28-6-2)19(17)16-12-29-20(24-16)15-10-8-7-9-11-15/h7-12,19,23H,5-6H2,1-4H3. The molecule has 0 atom stereocenters. The normalized spacial score (nSPS) is 14.6. The Morgan fingerprint density at radius 3 is 2.07 bits per heavy atom. The van der Waals surface area contributed by atoms with Crippen LogP contribution in [0, 0.1) is 0 Å². The van der Waals surface area contributed by atoms with Crippen LogP contribution in [0.15, 0.2) is 58.3 Å². The van der Waals surface area contributed by atoms with E-state index in [4.69, 9.17) is 14.5 Å². The van der Waals surface area contributed by atoms with E-state index in [9.17, 15) is 9.59 Å². The molecule has 7 heteroatoms. The van der Waals surface area contributed by atoms with E-state index >= 15 is 0 Å². The molecular formula is C22H24N2O4S. The van der Waals surface area contributed by atoms with Crippen LogP contribution in [0.2, 0.25) is 0 Å². The minimum atomic E-state index is -0.650. The summed E-state index contributed by atoms with van der Waals surface area (Å²) in [5.74, 6) is -1.58. The Balaban J connectivity index is 2.12. The van der Waals surface area contributed by atoms with Gasteiger partial charge in [0.25, 0.3) is 0 Å². The predicted octanol–water partition coefficient (Wildman–Crippen LogP) is 4.17. The second-order valence-corrected chi connectivity index (χ2v) is 7.38. The van der Waals surface area contributed by atoms with Gasteiger partial charge >= 0.3 is 11.9 Å². The molecule has 0 unspecified atom stereocenters. The van der Waals surface area contributed by atoms with E-state index < -0.39 is 17.9 Å². The molecule has 1 aliphatic rings. The maximum absolute atomic E-state index is 12.8. The van der Waals surface area contributed by atoms with Gasteiger partial charge in [-0.3, -0.25) is 0 Å². The van der Waals surface area contributed by atoms with Gasteiger partial charge < -0.3 is 14.8 Å². The number of benzene rings is 1. The van der Waals surface area contributed by atoms with Crippen molar-refractivity contribution in [3.05, 3.63) is 63.9 Å². The molecule has 0 amide bonds. The fourth-order valence-corrected chi connectivity index (χ4v) is 4.23. The summed E-state index contributed by atoms with van der Waals surface area (Å²) < 4.78 is 10.6. The van der Waals surface area contributed by atoms with Crippen LogP contribution in [0.5, 0.6) is 0 Å². The first kappa shape index (κ1) is 20.8. The Kier molecular flexibility index (Phi) is 6.49. The van der Waals surface area contributed by atoms with Crippen molar-refractivity contribution in [3.63, 3.8) is 0 Å². The number of rotatable bonds is 6. The first-order valence-electron chi connectivity index (χ1n) is 9.51. The van der Waals surface area contributed by atoms with Gasteiger partial charge in [-0.1, -0.05) is 30.3 Å². The van der Waals surface area contributed by atoms with Crippen molar-refractivity contribution < 1.29 is 19.1 Å². The van der Waals surface area contributed by atoms with E-state index in [2.05, 4.69) is 5.32 Å². The van der Waals surface area contributed by atoms with Gasteiger partial charge in [0, 0.05) is 22.3 Å². The molecule has 0 saturated heterocycles. The average molecular weight is 413 g/mol. The summed E-state index contributed by atoms with van der Waals surface area (Å²) >= 11 is 1.47. The molecule has 3 rings (SSSR count). The number of esters is 2. The fraction of sp³-hybridized carbons (Fsp3) is 0.318. The molecule has 2 heterocycles. The largest absolute Gasteiger partial charge is 0.463 e. The highest BCUT2D eigenvalue weighted by Gasteiger charge is 2.39. The molecule has 0 aliphatic carbocycles. The lowest BCUT2D eigenvalue weighted by Gasteiger charge is -2.29. The number of ether oxygens (including phenoxy) is 2. The third kappa shape index (κ3) is 4.24. The molecule has 2 aromatic rings. The number of carbonyl (C=O) groups is 2. The number of hydrogen-bond donors (Lipinski definition) is 1. The second-order valence-electron chi connectivity index (χ2n) is 6.52. The minimum Gasteiger partial charge on any atom is -0.463 e. The number of hydrogen-bond acceptors (Lipinski definition) is 7. The van der Waals surface area contributed by atoms with E-state index in [0.717, 1.165) is 10.6 Å². The number of carbonyl (C=O) groups excluding carboxylic acids is 2. The van der Waals surface area contributed by atoms with Crippen molar-refractivity contribution >= 4 is 23.3 Å². The predicted molar refractivity (Wildman–Crippen MR) is 112 cm³/mol. The maximum Gasteiger partial charge on any atom is 0.336 e. The molecule has 0 spiro atoms. The molecule has 0 fully saturated rings. The molecule has 1 N–H and O–H groups in total. The van der Waals surface area contributed by atoms with Gasteiger partial charge in [0.05, 0.1) is 36.0 Å². The molecular weight excluding hydrogens is 388 g/mol. The molecule has 152 valence electrons.